The molecule has 0 aromatic heterocycles. The van der Waals surface area contributed by atoms with Crippen LogP contribution in [0.4, 0.5) is 5.69 Å². The number of Topliss-reactive ketones (excluding diaryl/α,β-unsaturated/α-hetero) is 1. The lowest BCUT2D eigenvalue weighted by atomic mass is 9.82. The summed E-state index contributed by atoms with van der Waals surface area (Å²) in [4.78, 5) is 15.5. The van der Waals surface area contributed by atoms with Gasteiger partial charge in [0.2, 0.25) is 0 Å². The summed E-state index contributed by atoms with van der Waals surface area (Å²) in [5, 5.41) is 3.69. The van der Waals surface area contributed by atoms with Crippen molar-refractivity contribution in [2.45, 2.75) is 69.9 Å². The molecule has 3 nitrogen and oxygen atoms in total. The summed E-state index contributed by atoms with van der Waals surface area (Å²) in [6.07, 6.45) is 9.37. The van der Waals surface area contributed by atoms with Crippen molar-refractivity contribution in [3.05, 3.63) is 65.2 Å². The fourth-order valence-corrected chi connectivity index (χ4v) is 5.80. The Balaban J connectivity index is 1.11. The van der Waals surface area contributed by atoms with E-state index in [9.17, 15) is 4.79 Å². The van der Waals surface area contributed by atoms with Gasteiger partial charge in [-0.05, 0) is 80.4 Å². The number of benzene rings is 2. The van der Waals surface area contributed by atoms with Gasteiger partial charge in [0.05, 0.1) is 0 Å². The van der Waals surface area contributed by atoms with Gasteiger partial charge in [-0.2, -0.15) is 0 Å². The first-order valence-electron chi connectivity index (χ1n) is 12.0. The molecule has 2 aromatic rings. The van der Waals surface area contributed by atoms with Crippen LogP contribution in [0.15, 0.2) is 48.5 Å². The van der Waals surface area contributed by atoms with E-state index >= 15 is 0 Å². The molecule has 0 radical (unpaired) electrons. The van der Waals surface area contributed by atoms with E-state index < -0.39 is 0 Å². The van der Waals surface area contributed by atoms with Gasteiger partial charge in [0.1, 0.15) is 0 Å². The molecule has 1 aliphatic carbocycles. The summed E-state index contributed by atoms with van der Waals surface area (Å²) < 4.78 is 0. The second-order valence-electron chi connectivity index (χ2n) is 9.61. The number of hydrogen-bond acceptors (Lipinski definition) is 3. The largest absolute Gasteiger partial charge is 0.381 e. The topological polar surface area (TPSA) is 32.3 Å². The predicted octanol–water partition coefficient (Wildman–Crippen LogP) is 6.01. The van der Waals surface area contributed by atoms with Crippen molar-refractivity contribution in [1.82, 2.24) is 4.90 Å². The molecule has 2 atom stereocenters. The number of anilines is 1. The Labute approximate surface area is 180 Å². The second kappa shape index (κ2) is 8.93. The minimum Gasteiger partial charge on any atom is -0.381 e. The maximum atomic E-state index is 12.9. The lowest BCUT2D eigenvalue weighted by molar-refractivity contribution is 0.0961. The number of rotatable bonds is 6. The third-order valence-corrected chi connectivity index (χ3v) is 7.62. The van der Waals surface area contributed by atoms with E-state index in [1.165, 1.54) is 55.3 Å². The van der Waals surface area contributed by atoms with Crippen LogP contribution in [0.1, 0.15) is 78.8 Å². The second-order valence-corrected chi connectivity index (χ2v) is 9.61. The lowest BCUT2D eigenvalue weighted by Crippen LogP contribution is -2.33. The van der Waals surface area contributed by atoms with Gasteiger partial charge in [-0.1, -0.05) is 43.2 Å². The van der Waals surface area contributed by atoms with E-state index in [1.807, 2.05) is 6.07 Å². The molecule has 1 saturated carbocycles. The van der Waals surface area contributed by atoms with Crippen molar-refractivity contribution >= 4 is 11.5 Å². The molecular formula is C27H34N2O. The van der Waals surface area contributed by atoms with Crippen molar-refractivity contribution in [2.75, 3.05) is 18.4 Å². The Morgan fingerprint density at radius 1 is 0.967 bits per heavy atom. The number of nitrogens with one attached hydrogen (secondary N) is 1. The van der Waals surface area contributed by atoms with Crippen LogP contribution in [0.5, 0.6) is 0 Å². The van der Waals surface area contributed by atoms with Gasteiger partial charge in [-0.3, -0.25) is 9.69 Å². The third kappa shape index (κ3) is 4.32. The monoisotopic (exact) mass is 402 g/mol. The van der Waals surface area contributed by atoms with Gasteiger partial charge in [0.25, 0.3) is 0 Å². The highest BCUT2D eigenvalue weighted by Gasteiger charge is 2.34. The minimum atomic E-state index is 0.337. The Kier molecular flexibility index (Phi) is 5.90. The van der Waals surface area contributed by atoms with Crippen LogP contribution in [-0.2, 0) is 6.54 Å². The molecule has 3 heteroatoms. The Bertz CT molecular complexity index is 870. The molecule has 1 N–H and O–H groups in total. The van der Waals surface area contributed by atoms with E-state index in [0.717, 1.165) is 31.6 Å². The van der Waals surface area contributed by atoms with Gasteiger partial charge in [0.15, 0.2) is 5.78 Å². The summed E-state index contributed by atoms with van der Waals surface area (Å²) in [5.41, 5.74) is 5.01. The van der Waals surface area contributed by atoms with E-state index in [4.69, 9.17) is 0 Å². The maximum absolute atomic E-state index is 12.9. The molecular weight excluding hydrogens is 368 g/mol. The van der Waals surface area contributed by atoms with Gasteiger partial charge >= 0.3 is 0 Å². The average Bonchev–Trinajstić information content (AvgIpc) is 3.17. The number of ketones is 1. The molecule has 0 amide bonds. The zero-order chi connectivity index (χ0) is 20.3. The predicted molar refractivity (Wildman–Crippen MR) is 123 cm³/mol. The molecule has 2 aliphatic heterocycles. The highest BCUT2D eigenvalue weighted by molar-refractivity contribution is 5.97. The molecule has 2 unspecified atom stereocenters. The van der Waals surface area contributed by atoms with Gasteiger partial charge in [-0.15, -0.1) is 0 Å². The zero-order valence-corrected chi connectivity index (χ0v) is 18.0. The normalized spacial score (nSPS) is 24.1. The number of fused-ring (bicyclic) bond motifs is 3. The third-order valence-electron chi connectivity index (χ3n) is 7.62. The summed E-state index contributed by atoms with van der Waals surface area (Å²) >= 11 is 0. The molecule has 1 saturated heterocycles. The summed E-state index contributed by atoms with van der Waals surface area (Å²) in [6, 6.07) is 17.8. The van der Waals surface area contributed by atoms with E-state index in [2.05, 4.69) is 52.7 Å². The molecule has 3 aliphatic rings. The van der Waals surface area contributed by atoms with E-state index in [1.54, 1.807) is 0 Å². The molecule has 0 bridgehead atoms. The van der Waals surface area contributed by atoms with Crippen LogP contribution >= 0.6 is 0 Å². The van der Waals surface area contributed by atoms with Crippen molar-refractivity contribution in [2.24, 2.45) is 5.92 Å². The molecule has 158 valence electrons. The number of carbonyl (C=O) groups excluding carboxylic acids is 1. The Hall–Kier alpha value is -2.13. The molecule has 2 heterocycles. The molecule has 30 heavy (non-hydrogen) atoms. The highest BCUT2D eigenvalue weighted by atomic mass is 16.1. The first-order valence-corrected chi connectivity index (χ1v) is 12.0. The number of nitrogens with zero attached hydrogens (tertiary/aromatic N) is 1. The SMILES string of the molecule is O=C(CCC1CCN(Cc2ccccc2)CC1)c1ccc2c(c1)C1CCCCC1N2. The maximum Gasteiger partial charge on any atom is 0.162 e. The van der Waals surface area contributed by atoms with Crippen LogP contribution in [0, 0.1) is 5.92 Å². The van der Waals surface area contributed by atoms with Gasteiger partial charge in [-0.25, -0.2) is 0 Å². The minimum absolute atomic E-state index is 0.337. The first-order chi connectivity index (χ1) is 14.8. The van der Waals surface area contributed by atoms with Crippen LogP contribution in [0.2, 0.25) is 0 Å². The quantitative estimate of drug-likeness (QED) is 0.600. The molecule has 2 fully saturated rings. The molecule has 5 rings (SSSR count). The van der Waals surface area contributed by atoms with Crippen LogP contribution < -0.4 is 5.32 Å². The van der Waals surface area contributed by atoms with Crippen molar-refractivity contribution in [3.63, 3.8) is 0 Å². The standard InChI is InChI=1S/C27H34N2O/c30-27(22-11-12-26-24(18-22)23-8-4-5-9-25(23)28-26)13-10-20-14-16-29(17-15-20)19-21-6-2-1-3-7-21/h1-3,6-7,11-12,18,20,23,25,28H,4-5,8-10,13-17,19H2. The van der Waals surface area contributed by atoms with Crippen molar-refractivity contribution in [1.29, 1.82) is 0 Å². The summed E-state index contributed by atoms with van der Waals surface area (Å²) in [5.74, 6) is 1.65. The number of carbonyl (C=O) groups is 1. The number of piperidine rings is 1. The van der Waals surface area contributed by atoms with Crippen LogP contribution in [-0.4, -0.2) is 29.8 Å². The van der Waals surface area contributed by atoms with E-state index in [0.29, 0.717) is 30.1 Å². The van der Waals surface area contributed by atoms with Crippen LogP contribution in [0.3, 0.4) is 0 Å². The fourth-order valence-electron chi connectivity index (χ4n) is 5.80. The Morgan fingerprint density at radius 3 is 2.60 bits per heavy atom. The van der Waals surface area contributed by atoms with Crippen molar-refractivity contribution < 1.29 is 4.79 Å². The summed E-state index contributed by atoms with van der Waals surface area (Å²) in [6.45, 7) is 3.36. The molecule has 0 spiro atoms. The van der Waals surface area contributed by atoms with Gasteiger partial charge in [0, 0.05) is 36.2 Å². The lowest BCUT2D eigenvalue weighted by Gasteiger charge is -2.32. The van der Waals surface area contributed by atoms with Gasteiger partial charge < -0.3 is 5.32 Å². The van der Waals surface area contributed by atoms with E-state index in [-0.39, 0.29) is 0 Å². The van der Waals surface area contributed by atoms with Crippen molar-refractivity contribution in [3.8, 4) is 0 Å². The fraction of sp³-hybridized carbons (Fsp3) is 0.519. The average molecular weight is 403 g/mol. The zero-order valence-electron chi connectivity index (χ0n) is 18.0. The number of likely N-dealkylation sites (tertiary alicyclic amines) is 1. The number of hydrogen-bond donors (Lipinski definition) is 1. The highest BCUT2D eigenvalue weighted by Crippen LogP contribution is 2.44. The smallest absolute Gasteiger partial charge is 0.162 e. The van der Waals surface area contributed by atoms with Crippen LogP contribution in [0.25, 0.3) is 0 Å². The molecule has 2 aromatic carbocycles. The first kappa shape index (κ1) is 19.8. The Morgan fingerprint density at radius 2 is 1.77 bits per heavy atom. The summed E-state index contributed by atoms with van der Waals surface area (Å²) in [7, 11) is 0.